The van der Waals surface area contributed by atoms with Crippen LogP contribution in [0.3, 0.4) is 0 Å². The third-order valence-corrected chi connectivity index (χ3v) is 6.08. The van der Waals surface area contributed by atoms with E-state index in [0.29, 0.717) is 5.92 Å². The summed E-state index contributed by atoms with van der Waals surface area (Å²) in [4.78, 5) is 0. The van der Waals surface area contributed by atoms with E-state index in [9.17, 15) is 0 Å². The second-order valence-electron chi connectivity index (χ2n) is 9.25. The second-order valence-corrected chi connectivity index (χ2v) is 10.1. The largest absolute Gasteiger partial charge is 1.00 e. The first-order valence-electron chi connectivity index (χ1n) is 9.88. The molecule has 0 nitrogen and oxygen atoms in total. The first-order chi connectivity index (χ1) is 12.6. The summed E-state index contributed by atoms with van der Waals surface area (Å²) < 4.78 is 1.45. The van der Waals surface area contributed by atoms with Gasteiger partial charge >= 0.3 is 178 Å². The van der Waals surface area contributed by atoms with Gasteiger partial charge in [-0.3, -0.25) is 0 Å². The van der Waals surface area contributed by atoms with Gasteiger partial charge in [0.2, 0.25) is 0 Å². The van der Waals surface area contributed by atoms with E-state index in [1.807, 2.05) is 0 Å². The van der Waals surface area contributed by atoms with Crippen molar-refractivity contribution in [3.05, 3.63) is 90.9 Å². The van der Waals surface area contributed by atoms with Gasteiger partial charge in [-0.05, 0) is 0 Å². The molecule has 0 radical (unpaired) electrons. The zero-order valence-electron chi connectivity index (χ0n) is 19.0. The number of hydrogen-bond donors (Lipinski definition) is 0. The molecule has 0 N–H and O–H groups in total. The van der Waals surface area contributed by atoms with E-state index in [0.717, 1.165) is 6.42 Å². The van der Waals surface area contributed by atoms with Crippen molar-refractivity contribution >= 4 is 0 Å². The molecule has 1 aliphatic rings. The molecule has 0 spiro atoms. The molecule has 30 heavy (non-hydrogen) atoms. The fourth-order valence-electron chi connectivity index (χ4n) is 4.68. The molecule has 0 fully saturated rings. The van der Waals surface area contributed by atoms with E-state index in [4.69, 9.17) is 0 Å². The minimum atomic E-state index is 0. The molecular weight excluding hydrogens is 467 g/mol. The molecule has 2 aromatic rings. The first-order valence-corrected chi connectivity index (χ1v) is 10.7. The van der Waals surface area contributed by atoms with Crippen molar-refractivity contribution in [3.63, 3.8) is 0 Å². The van der Waals surface area contributed by atoms with E-state index in [2.05, 4.69) is 111 Å². The van der Waals surface area contributed by atoms with E-state index in [1.54, 1.807) is 11.1 Å². The number of rotatable bonds is 3. The van der Waals surface area contributed by atoms with Crippen LogP contribution in [-0.4, -0.2) is 0 Å². The van der Waals surface area contributed by atoms with E-state index in [-0.39, 0.29) is 42.6 Å². The normalized spacial score (nSPS) is 13.5. The molecule has 2 aromatic carbocycles. The molecular formula is C26H31Cl3Ti. The quantitative estimate of drug-likeness (QED) is 0.441. The minimum Gasteiger partial charge on any atom is -1.00 e. The first kappa shape index (κ1) is 29.5. The Morgan fingerprint density at radius 1 is 0.700 bits per heavy atom. The van der Waals surface area contributed by atoms with Crippen molar-refractivity contribution in [1.29, 1.82) is 0 Å². The molecule has 1 aliphatic carbocycles. The molecule has 0 amide bonds. The molecule has 0 unspecified atom stereocenters. The maximum atomic E-state index is 2.42. The van der Waals surface area contributed by atoms with Gasteiger partial charge in [-0.2, -0.15) is 0 Å². The van der Waals surface area contributed by atoms with Crippen LogP contribution in [0.5, 0.6) is 0 Å². The Kier molecular flexibility index (Phi) is 11.2. The molecule has 0 aliphatic heterocycles. The summed E-state index contributed by atoms with van der Waals surface area (Å²) in [5.41, 5.74) is 11.5. The Balaban J connectivity index is 0.00000280. The third-order valence-electron chi connectivity index (χ3n) is 5.37. The van der Waals surface area contributed by atoms with E-state index < -0.39 is 0 Å². The van der Waals surface area contributed by atoms with Crippen LogP contribution in [0.4, 0.5) is 0 Å². The Bertz CT molecular complexity index is 857. The topological polar surface area (TPSA) is 0 Å². The van der Waals surface area contributed by atoms with Gasteiger partial charge in [0.15, 0.2) is 0 Å². The van der Waals surface area contributed by atoms with Crippen molar-refractivity contribution < 1.29 is 57.7 Å². The van der Waals surface area contributed by atoms with E-state index in [1.165, 1.54) is 37.3 Å². The summed E-state index contributed by atoms with van der Waals surface area (Å²) >= 11 is 2.29. The zero-order chi connectivity index (χ0) is 19.9. The van der Waals surface area contributed by atoms with Gasteiger partial charge in [0.05, 0.1) is 0 Å². The third kappa shape index (κ3) is 6.50. The maximum Gasteiger partial charge on any atom is -1.00 e. The molecule has 0 saturated carbocycles. The minimum absolute atomic E-state index is 0. The molecule has 3 rings (SSSR count). The van der Waals surface area contributed by atoms with Crippen molar-refractivity contribution in [1.82, 2.24) is 0 Å². The summed E-state index contributed by atoms with van der Waals surface area (Å²) in [5.74, 6) is 0.324. The van der Waals surface area contributed by atoms with Gasteiger partial charge in [-0.1, -0.05) is 0 Å². The summed E-state index contributed by atoms with van der Waals surface area (Å²) in [5, 5.41) is 0. The fraction of sp³-hybridized carbons (Fsp3) is 0.385. The van der Waals surface area contributed by atoms with Crippen LogP contribution in [-0.2, 0) is 20.4 Å². The second kappa shape index (κ2) is 11.4. The number of aryl methyl sites for hydroxylation is 4. The SMILES string of the molecule is Cc1cc(C)cc(C(C2=C(C(C)(C)C)[C]([Ti+3])=CC2)c2cc(C)cc(C)c2)c1.[Cl-].[Cl-].[Cl-]. The molecule has 0 saturated heterocycles. The summed E-state index contributed by atoms with van der Waals surface area (Å²) in [6.07, 6.45) is 3.48. The van der Waals surface area contributed by atoms with Crippen molar-refractivity contribution in [2.24, 2.45) is 5.41 Å². The predicted octanol–water partition coefficient (Wildman–Crippen LogP) is -1.76. The standard InChI is InChI=1S/C26H31.3ClH.Ti/c1-17-11-18(2)14-21(13-17)25(22-15-19(3)12-20(4)16-22)23-9-8-10-24(23)26(5,6)7;;;;/h8,11-16,25H,9H2,1-7H3;3*1H;/q;;;;+3/p-3. The summed E-state index contributed by atoms with van der Waals surface area (Å²) in [6, 6.07) is 14.1. The van der Waals surface area contributed by atoms with Gasteiger partial charge in [0.1, 0.15) is 0 Å². The smallest absolute Gasteiger partial charge is 1.00 e. The van der Waals surface area contributed by atoms with Gasteiger partial charge in [-0.15, -0.1) is 0 Å². The van der Waals surface area contributed by atoms with Crippen molar-refractivity contribution in [3.8, 4) is 0 Å². The number of benzene rings is 2. The molecule has 0 aromatic heterocycles. The Hall–Kier alpha value is -0.496. The maximum absolute atomic E-state index is 2.42. The van der Waals surface area contributed by atoms with Crippen LogP contribution in [0.2, 0.25) is 0 Å². The van der Waals surface area contributed by atoms with Crippen molar-refractivity contribution in [2.75, 3.05) is 0 Å². The Labute approximate surface area is 213 Å². The summed E-state index contributed by atoms with van der Waals surface area (Å²) in [6.45, 7) is 15.9. The monoisotopic (exact) mass is 496 g/mol. The van der Waals surface area contributed by atoms with Gasteiger partial charge < -0.3 is 37.2 Å². The number of halogens is 3. The van der Waals surface area contributed by atoms with Crippen LogP contribution in [0, 0.1) is 33.1 Å². The van der Waals surface area contributed by atoms with Crippen LogP contribution < -0.4 is 37.2 Å². The molecule has 0 atom stereocenters. The average Bonchev–Trinajstić information content (AvgIpc) is 2.87. The van der Waals surface area contributed by atoms with Crippen LogP contribution in [0.25, 0.3) is 0 Å². The van der Waals surface area contributed by atoms with Gasteiger partial charge in [0.25, 0.3) is 0 Å². The molecule has 0 bridgehead atoms. The molecule has 0 heterocycles. The van der Waals surface area contributed by atoms with Crippen LogP contribution in [0.15, 0.2) is 57.5 Å². The van der Waals surface area contributed by atoms with Crippen molar-refractivity contribution in [2.45, 2.75) is 60.8 Å². The Morgan fingerprint density at radius 3 is 1.40 bits per heavy atom. The van der Waals surface area contributed by atoms with Gasteiger partial charge in [-0.25, -0.2) is 0 Å². The average molecular weight is 498 g/mol. The predicted molar refractivity (Wildman–Crippen MR) is 113 cm³/mol. The van der Waals surface area contributed by atoms with E-state index >= 15 is 0 Å². The van der Waals surface area contributed by atoms with Gasteiger partial charge in [0, 0.05) is 0 Å². The number of hydrogen-bond acceptors (Lipinski definition) is 0. The molecule has 160 valence electrons. The Morgan fingerprint density at radius 2 is 1.07 bits per heavy atom. The van der Waals surface area contributed by atoms with Crippen LogP contribution in [0.1, 0.15) is 66.5 Å². The molecule has 4 heteroatoms. The number of allylic oxidation sites excluding steroid dienone is 4. The fourth-order valence-corrected chi connectivity index (χ4v) is 5.68. The zero-order valence-corrected chi connectivity index (χ0v) is 22.8. The van der Waals surface area contributed by atoms with Crippen LogP contribution >= 0.6 is 0 Å². The summed E-state index contributed by atoms with van der Waals surface area (Å²) in [7, 11) is 0.